The Morgan fingerprint density at radius 2 is 1.83 bits per heavy atom. The van der Waals surface area contributed by atoms with E-state index in [9.17, 15) is 4.79 Å². The molecule has 6 heteroatoms. The number of amides is 1. The summed E-state index contributed by atoms with van der Waals surface area (Å²) in [5.74, 6) is 1.76. The van der Waals surface area contributed by atoms with Gasteiger partial charge in [0.1, 0.15) is 23.1 Å². The summed E-state index contributed by atoms with van der Waals surface area (Å²) in [6.07, 6.45) is 0.810. The molecule has 1 heterocycles. The van der Waals surface area contributed by atoms with Gasteiger partial charge >= 0.3 is 0 Å². The third-order valence-corrected chi connectivity index (χ3v) is 4.69. The lowest BCUT2D eigenvalue weighted by Gasteiger charge is -2.10. The van der Waals surface area contributed by atoms with E-state index >= 15 is 0 Å². The lowest BCUT2D eigenvalue weighted by molar-refractivity contribution is 0.102. The highest BCUT2D eigenvalue weighted by Gasteiger charge is 2.11. The number of rotatable bonds is 7. The second-order valence-corrected chi connectivity index (χ2v) is 6.97. The van der Waals surface area contributed by atoms with E-state index in [0.29, 0.717) is 23.9 Å². The molecule has 0 aliphatic rings. The smallest absolute Gasteiger partial charge is 0.274 e. The normalized spacial score (nSPS) is 10.5. The van der Waals surface area contributed by atoms with Crippen molar-refractivity contribution < 1.29 is 9.53 Å². The van der Waals surface area contributed by atoms with Crippen LogP contribution >= 0.6 is 0 Å². The molecule has 3 rings (SSSR count). The van der Waals surface area contributed by atoms with E-state index in [1.807, 2.05) is 50.2 Å². The average molecular weight is 390 g/mol. The molecule has 2 aromatic carbocycles. The van der Waals surface area contributed by atoms with Gasteiger partial charge in [-0.15, -0.1) is 0 Å². The zero-order valence-corrected chi connectivity index (χ0v) is 17.2. The van der Waals surface area contributed by atoms with Crippen molar-refractivity contribution in [2.45, 2.75) is 27.2 Å². The van der Waals surface area contributed by atoms with Crippen LogP contribution in [0, 0.1) is 20.8 Å². The van der Waals surface area contributed by atoms with Gasteiger partial charge in [-0.3, -0.25) is 4.79 Å². The molecule has 3 aromatic rings. The van der Waals surface area contributed by atoms with Gasteiger partial charge in [0.25, 0.3) is 5.91 Å². The van der Waals surface area contributed by atoms with E-state index < -0.39 is 0 Å². The maximum absolute atomic E-state index is 12.6. The van der Waals surface area contributed by atoms with Crippen molar-refractivity contribution in [1.29, 1.82) is 0 Å². The molecule has 0 atom stereocenters. The number of benzene rings is 2. The van der Waals surface area contributed by atoms with Gasteiger partial charge in [0.15, 0.2) is 0 Å². The average Bonchev–Trinajstić information content (AvgIpc) is 2.70. The molecular weight excluding hydrogens is 364 g/mol. The number of hydrogen-bond donors (Lipinski definition) is 2. The maximum atomic E-state index is 12.6. The number of carbonyl (C=O) groups is 1. The van der Waals surface area contributed by atoms with E-state index in [0.717, 1.165) is 29.0 Å². The lowest BCUT2D eigenvalue weighted by Crippen LogP contribution is -2.16. The molecule has 0 radical (unpaired) electrons. The fourth-order valence-electron chi connectivity index (χ4n) is 2.95. The van der Waals surface area contributed by atoms with Crippen molar-refractivity contribution in [2.24, 2.45) is 0 Å². The number of aryl methyl sites for hydroxylation is 3. The first-order valence-electron chi connectivity index (χ1n) is 9.55. The SMILES string of the molecule is COc1cccc(CCNc2cc(C(=O)Nc3ccc(C)c(C)c3)nc(C)n2)c1. The van der Waals surface area contributed by atoms with Crippen LogP contribution in [0.1, 0.15) is 33.0 Å². The Morgan fingerprint density at radius 1 is 1.00 bits per heavy atom. The van der Waals surface area contributed by atoms with Gasteiger partial charge in [-0.1, -0.05) is 18.2 Å². The lowest BCUT2D eigenvalue weighted by atomic mass is 10.1. The van der Waals surface area contributed by atoms with Crippen molar-refractivity contribution in [3.05, 3.63) is 76.7 Å². The Morgan fingerprint density at radius 3 is 2.59 bits per heavy atom. The van der Waals surface area contributed by atoms with Crippen LogP contribution in [0.3, 0.4) is 0 Å². The highest BCUT2D eigenvalue weighted by molar-refractivity contribution is 6.03. The van der Waals surface area contributed by atoms with Crippen LogP contribution in [-0.4, -0.2) is 29.5 Å². The van der Waals surface area contributed by atoms with Crippen molar-refractivity contribution in [3.8, 4) is 5.75 Å². The highest BCUT2D eigenvalue weighted by Crippen LogP contribution is 2.16. The highest BCUT2D eigenvalue weighted by atomic mass is 16.5. The molecule has 29 heavy (non-hydrogen) atoms. The Labute approximate surface area is 171 Å². The summed E-state index contributed by atoms with van der Waals surface area (Å²) in [4.78, 5) is 21.3. The first kappa shape index (κ1) is 20.3. The minimum absolute atomic E-state index is 0.255. The fraction of sp³-hybridized carbons (Fsp3) is 0.261. The van der Waals surface area contributed by atoms with Gasteiger partial charge in [-0.05, 0) is 68.1 Å². The number of carbonyl (C=O) groups excluding carboxylic acids is 1. The molecule has 0 spiro atoms. The van der Waals surface area contributed by atoms with Gasteiger partial charge in [0.2, 0.25) is 0 Å². The molecule has 0 aliphatic carbocycles. The van der Waals surface area contributed by atoms with Crippen molar-refractivity contribution in [3.63, 3.8) is 0 Å². The molecule has 0 bridgehead atoms. The molecule has 1 amide bonds. The summed E-state index contributed by atoms with van der Waals surface area (Å²) in [6.45, 7) is 6.52. The van der Waals surface area contributed by atoms with Crippen LogP contribution in [0.15, 0.2) is 48.5 Å². The summed E-state index contributed by atoms with van der Waals surface area (Å²) in [5, 5.41) is 6.18. The molecule has 2 N–H and O–H groups in total. The van der Waals surface area contributed by atoms with Crippen LogP contribution < -0.4 is 15.4 Å². The van der Waals surface area contributed by atoms with Crippen molar-refractivity contribution in [1.82, 2.24) is 9.97 Å². The molecular formula is C23H26N4O2. The predicted molar refractivity (Wildman–Crippen MR) is 116 cm³/mol. The zero-order chi connectivity index (χ0) is 20.8. The number of aromatic nitrogens is 2. The summed E-state index contributed by atoms with van der Waals surface area (Å²) < 4.78 is 5.25. The molecule has 1 aromatic heterocycles. The van der Waals surface area contributed by atoms with Gasteiger partial charge in [0, 0.05) is 18.3 Å². The number of nitrogens with one attached hydrogen (secondary N) is 2. The van der Waals surface area contributed by atoms with Crippen LogP contribution in [0.5, 0.6) is 5.75 Å². The van der Waals surface area contributed by atoms with Crippen LogP contribution in [-0.2, 0) is 6.42 Å². The van der Waals surface area contributed by atoms with E-state index in [1.165, 1.54) is 5.56 Å². The predicted octanol–water partition coefficient (Wildman–Crippen LogP) is 4.32. The first-order chi connectivity index (χ1) is 13.9. The maximum Gasteiger partial charge on any atom is 0.274 e. The molecule has 0 saturated heterocycles. The monoisotopic (exact) mass is 390 g/mol. The van der Waals surface area contributed by atoms with E-state index in [2.05, 4.69) is 26.7 Å². The minimum Gasteiger partial charge on any atom is -0.497 e. The topological polar surface area (TPSA) is 76.1 Å². The third kappa shape index (κ3) is 5.54. The Hall–Kier alpha value is -3.41. The first-order valence-corrected chi connectivity index (χ1v) is 9.55. The van der Waals surface area contributed by atoms with Crippen LogP contribution in [0.2, 0.25) is 0 Å². The van der Waals surface area contributed by atoms with E-state index in [-0.39, 0.29) is 5.91 Å². The van der Waals surface area contributed by atoms with Crippen LogP contribution in [0.4, 0.5) is 11.5 Å². The fourth-order valence-corrected chi connectivity index (χ4v) is 2.95. The van der Waals surface area contributed by atoms with Gasteiger partial charge in [0.05, 0.1) is 7.11 Å². The third-order valence-electron chi connectivity index (χ3n) is 4.69. The number of hydrogen-bond acceptors (Lipinski definition) is 5. The Kier molecular flexibility index (Phi) is 6.44. The van der Waals surface area contributed by atoms with Crippen molar-refractivity contribution >= 4 is 17.4 Å². The summed E-state index contributed by atoms with van der Waals surface area (Å²) in [6, 6.07) is 15.5. The molecule has 6 nitrogen and oxygen atoms in total. The van der Waals surface area contributed by atoms with E-state index in [4.69, 9.17) is 4.74 Å². The van der Waals surface area contributed by atoms with Crippen LogP contribution in [0.25, 0.3) is 0 Å². The second-order valence-electron chi connectivity index (χ2n) is 6.97. The van der Waals surface area contributed by atoms with Crippen molar-refractivity contribution in [2.75, 3.05) is 24.3 Å². The second kappa shape index (κ2) is 9.19. The Balaban J connectivity index is 1.65. The standard InChI is InChI=1S/C23H26N4O2/c1-15-8-9-19(12-16(15)2)27-23(28)21-14-22(26-17(3)25-21)24-11-10-18-6-5-7-20(13-18)29-4/h5-9,12-14H,10-11H2,1-4H3,(H,27,28)(H,24,25,26). The largest absolute Gasteiger partial charge is 0.497 e. The summed E-state index contributed by atoms with van der Waals surface area (Å²) >= 11 is 0. The summed E-state index contributed by atoms with van der Waals surface area (Å²) in [5.41, 5.74) is 4.56. The molecule has 0 aliphatic heterocycles. The molecule has 150 valence electrons. The van der Waals surface area contributed by atoms with Gasteiger partial charge in [-0.2, -0.15) is 0 Å². The van der Waals surface area contributed by atoms with Gasteiger partial charge < -0.3 is 15.4 Å². The number of nitrogens with zero attached hydrogens (tertiary/aromatic N) is 2. The minimum atomic E-state index is -0.255. The Bertz CT molecular complexity index is 1020. The summed E-state index contributed by atoms with van der Waals surface area (Å²) in [7, 11) is 1.66. The number of ether oxygens (including phenoxy) is 1. The molecule has 0 unspecified atom stereocenters. The number of methoxy groups -OCH3 is 1. The van der Waals surface area contributed by atoms with Gasteiger partial charge in [-0.25, -0.2) is 9.97 Å². The zero-order valence-electron chi connectivity index (χ0n) is 17.2. The number of anilines is 2. The van der Waals surface area contributed by atoms with E-state index in [1.54, 1.807) is 20.1 Å². The molecule has 0 saturated carbocycles. The molecule has 0 fully saturated rings. The quantitative estimate of drug-likeness (QED) is 0.628.